The summed E-state index contributed by atoms with van der Waals surface area (Å²) in [7, 11) is 1.50. The summed E-state index contributed by atoms with van der Waals surface area (Å²) in [5, 5.41) is 8.19. The molecule has 0 saturated heterocycles. The fourth-order valence-electron chi connectivity index (χ4n) is 1.64. The third-order valence-electron chi connectivity index (χ3n) is 2.69. The van der Waals surface area contributed by atoms with Crippen molar-refractivity contribution in [2.45, 2.75) is 13.3 Å². The number of halogens is 1. The Hall–Kier alpha value is -1.94. The maximum atomic E-state index is 12.0. The Morgan fingerprint density at radius 1 is 1.26 bits per heavy atom. The van der Waals surface area contributed by atoms with Gasteiger partial charge in [-0.25, -0.2) is 0 Å². The number of ketones is 1. The Bertz CT molecular complexity index is 597. The van der Waals surface area contributed by atoms with Gasteiger partial charge in [-0.05, 0) is 30.2 Å². The molecule has 0 unspecified atom stereocenters. The minimum atomic E-state index is -0.124. The molecule has 2 rings (SSSR count). The van der Waals surface area contributed by atoms with Crippen LogP contribution in [0.2, 0.25) is 5.02 Å². The van der Waals surface area contributed by atoms with Gasteiger partial charge in [0.1, 0.15) is 5.69 Å². The number of Topliss-reactive ketones (excluding diaryl/α,β-unsaturated/α-hetero) is 1. The highest BCUT2D eigenvalue weighted by molar-refractivity contribution is 6.31. The van der Waals surface area contributed by atoms with E-state index < -0.39 is 0 Å². The van der Waals surface area contributed by atoms with Crippen LogP contribution in [0, 0.1) is 6.92 Å². The second kappa shape index (κ2) is 5.80. The van der Waals surface area contributed by atoms with Crippen LogP contribution in [0.5, 0.6) is 5.88 Å². The van der Waals surface area contributed by atoms with Crippen LogP contribution in [-0.4, -0.2) is 23.1 Å². The molecule has 1 aromatic carbocycles. The molecule has 0 bridgehead atoms. The molecule has 0 aliphatic rings. The summed E-state index contributed by atoms with van der Waals surface area (Å²) < 4.78 is 4.89. The van der Waals surface area contributed by atoms with Gasteiger partial charge in [-0.15, -0.1) is 10.2 Å². The van der Waals surface area contributed by atoms with E-state index in [0.717, 1.165) is 11.1 Å². The van der Waals surface area contributed by atoms with Crippen molar-refractivity contribution >= 4 is 17.4 Å². The van der Waals surface area contributed by atoms with Gasteiger partial charge in [0, 0.05) is 17.5 Å². The van der Waals surface area contributed by atoms with Gasteiger partial charge in [0.2, 0.25) is 5.88 Å². The molecule has 5 heteroatoms. The van der Waals surface area contributed by atoms with Gasteiger partial charge in [0.05, 0.1) is 7.11 Å². The van der Waals surface area contributed by atoms with Crippen molar-refractivity contribution in [1.82, 2.24) is 10.2 Å². The molecule has 0 aliphatic carbocycles. The molecule has 0 fully saturated rings. The topological polar surface area (TPSA) is 52.1 Å². The normalized spacial score (nSPS) is 10.3. The quantitative estimate of drug-likeness (QED) is 0.806. The molecule has 0 amide bonds. The summed E-state index contributed by atoms with van der Waals surface area (Å²) >= 11 is 6.10. The van der Waals surface area contributed by atoms with E-state index in [1.807, 2.05) is 25.1 Å². The monoisotopic (exact) mass is 276 g/mol. The summed E-state index contributed by atoms with van der Waals surface area (Å²) in [4.78, 5) is 12.0. The van der Waals surface area contributed by atoms with E-state index in [0.29, 0.717) is 16.6 Å². The Labute approximate surface area is 116 Å². The van der Waals surface area contributed by atoms with Crippen LogP contribution in [0.25, 0.3) is 0 Å². The third kappa shape index (κ3) is 3.29. The highest BCUT2D eigenvalue weighted by Gasteiger charge is 2.12. The zero-order valence-electron chi connectivity index (χ0n) is 10.7. The van der Waals surface area contributed by atoms with Crippen LogP contribution in [0.4, 0.5) is 0 Å². The number of hydrogen-bond acceptors (Lipinski definition) is 4. The highest BCUT2D eigenvalue weighted by Crippen LogP contribution is 2.19. The molecular formula is C14H13ClN2O2. The lowest BCUT2D eigenvalue weighted by atomic mass is 10.1. The van der Waals surface area contributed by atoms with E-state index in [-0.39, 0.29) is 12.2 Å². The van der Waals surface area contributed by atoms with E-state index in [2.05, 4.69) is 10.2 Å². The maximum absolute atomic E-state index is 12.0. The molecule has 0 saturated carbocycles. The minimum Gasteiger partial charge on any atom is -0.480 e. The van der Waals surface area contributed by atoms with Crippen LogP contribution >= 0.6 is 11.6 Å². The second-order valence-corrected chi connectivity index (χ2v) is 4.56. The number of nitrogens with zero attached hydrogens (tertiary/aromatic N) is 2. The fraction of sp³-hybridized carbons (Fsp3) is 0.214. The van der Waals surface area contributed by atoms with Crippen molar-refractivity contribution in [3.8, 4) is 5.88 Å². The maximum Gasteiger partial charge on any atom is 0.233 e. The number of rotatable bonds is 4. The molecule has 98 valence electrons. The first-order chi connectivity index (χ1) is 9.10. The molecule has 0 atom stereocenters. The van der Waals surface area contributed by atoms with Gasteiger partial charge in [-0.3, -0.25) is 4.79 Å². The van der Waals surface area contributed by atoms with Crippen molar-refractivity contribution in [3.63, 3.8) is 0 Å². The summed E-state index contributed by atoms with van der Waals surface area (Å²) in [5.41, 5.74) is 2.15. The van der Waals surface area contributed by atoms with Gasteiger partial charge >= 0.3 is 0 Å². The Morgan fingerprint density at radius 2 is 2.05 bits per heavy atom. The van der Waals surface area contributed by atoms with E-state index in [1.54, 1.807) is 12.1 Å². The number of carbonyl (C=O) groups is 1. The molecular weight excluding hydrogens is 264 g/mol. The molecule has 2 aromatic rings. The van der Waals surface area contributed by atoms with E-state index in [4.69, 9.17) is 16.3 Å². The van der Waals surface area contributed by atoms with Crippen LogP contribution in [0.15, 0.2) is 30.3 Å². The Kier molecular flexibility index (Phi) is 4.12. The SMILES string of the molecule is COc1ccc(C(=O)Cc2ccc(C)cc2Cl)nn1. The van der Waals surface area contributed by atoms with Crippen molar-refractivity contribution in [2.24, 2.45) is 0 Å². The third-order valence-corrected chi connectivity index (χ3v) is 3.05. The number of methoxy groups -OCH3 is 1. The van der Waals surface area contributed by atoms with Crippen molar-refractivity contribution < 1.29 is 9.53 Å². The van der Waals surface area contributed by atoms with Gasteiger partial charge in [0.15, 0.2) is 5.78 Å². The number of carbonyl (C=O) groups excluding carboxylic acids is 1. The van der Waals surface area contributed by atoms with E-state index >= 15 is 0 Å². The largest absolute Gasteiger partial charge is 0.480 e. The average Bonchev–Trinajstić information content (AvgIpc) is 2.42. The van der Waals surface area contributed by atoms with Gasteiger partial charge in [-0.1, -0.05) is 23.7 Å². The molecule has 0 aliphatic heterocycles. The Balaban J connectivity index is 2.15. The predicted molar refractivity (Wildman–Crippen MR) is 72.8 cm³/mol. The highest BCUT2D eigenvalue weighted by atomic mass is 35.5. The first-order valence-electron chi connectivity index (χ1n) is 5.76. The molecule has 1 aromatic heterocycles. The molecule has 1 heterocycles. The lowest BCUT2D eigenvalue weighted by molar-refractivity contribution is 0.0987. The second-order valence-electron chi connectivity index (χ2n) is 4.16. The zero-order chi connectivity index (χ0) is 13.8. The number of hydrogen-bond donors (Lipinski definition) is 0. The summed E-state index contributed by atoms with van der Waals surface area (Å²) in [6.07, 6.45) is 0.208. The summed E-state index contributed by atoms with van der Waals surface area (Å²) in [6, 6.07) is 8.82. The number of aromatic nitrogens is 2. The van der Waals surface area contributed by atoms with Crippen molar-refractivity contribution in [3.05, 3.63) is 52.2 Å². The number of benzene rings is 1. The standard InChI is InChI=1S/C14H13ClN2O2/c1-9-3-4-10(11(15)7-9)8-13(18)12-5-6-14(19-2)17-16-12/h3-7H,8H2,1-2H3. The van der Waals surface area contributed by atoms with Gasteiger partial charge < -0.3 is 4.74 Å². The van der Waals surface area contributed by atoms with Crippen LogP contribution in [0.1, 0.15) is 21.6 Å². The predicted octanol–water partition coefficient (Wildman–Crippen LogP) is 2.87. The van der Waals surface area contributed by atoms with Crippen molar-refractivity contribution in [1.29, 1.82) is 0 Å². The molecule has 4 nitrogen and oxygen atoms in total. The molecule has 0 radical (unpaired) electrons. The Morgan fingerprint density at radius 3 is 2.63 bits per heavy atom. The van der Waals surface area contributed by atoms with Crippen LogP contribution in [0.3, 0.4) is 0 Å². The first-order valence-corrected chi connectivity index (χ1v) is 6.14. The smallest absolute Gasteiger partial charge is 0.233 e. The molecule has 19 heavy (non-hydrogen) atoms. The fourth-order valence-corrected chi connectivity index (χ4v) is 1.94. The van der Waals surface area contributed by atoms with Crippen LogP contribution in [-0.2, 0) is 6.42 Å². The van der Waals surface area contributed by atoms with Crippen LogP contribution < -0.4 is 4.74 Å². The summed E-state index contributed by atoms with van der Waals surface area (Å²) in [6.45, 7) is 1.95. The lowest BCUT2D eigenvalue weighted by Crippen LogP contribution is -2.07. The minimum absolute atomic E-state index is 0.124. The van der Waals surface area contributed by atoms with Crippen molar-refractivity contribution in [2.75, 3.05) is 7.11 Å². The average molecular weight is 277 g/mol. The lowest BCUT2D eigenvalue weighted by Gasteiger charge is -2.04. The number of aryl methyl sites for hydroxylation is 1. The molecule has 0 spiro atoms. The van der Waals surface area contributed by atoms with E-state index in [1.165, 1.54) is 7.11 Å². The molecule has 0 N–H and O–H groups in total. The zero-order valence-corrected chi connectivity index (χ0v) is 11.4. The summed E-state index contributed by atoms with van der Waals surface area (Å²) in [5.74, 6) is 0.255. The van der Waals surface area contributed by atoms with Gasteiger partial charge in [-0.2, -0.15) is 0 Å². The number of ether oxygens (including phenoxy) is 1. The van der Waals surface area contributed by atoms with Gasteiger partial charge in [0.25, 0.3) is 0 Å². The van der Waals surface area contributed by atoms with E-state index in [9.17, 15) is 4.79 Å². The first kappa shape index (κ1) is 13.5.